The maximum atomic E-state index is 11.9. The fourth-order valence-electron chi connectivity index (χ4n) is 1.29. The van der Waals surface area contributed by atoms with Crippen molar-refractivity contribution >= 4 is 22.9 Å². The van der Waals surface area contributed by atoms with Gasteiger partial charge in [0.25, 0.3) is 5.91 Å². The Morgan fingerprint density at radius 3 is 3.06 bits per heavy atom. The van der Waals surface area contributed by atoms with Crippen LogP contribution in [0.2, 0.25) is 0 Å². The predicted octanol–water partition coefficient (Wildman–Crippen LogP) is 1.71. The molecule has 0 aliphatic rings. The van der Waals surface area contributed by atoms with Crippen molar-refractivity contribution in [3.63, 3.8) is 0 Å². The second-order valence-electron chi connectivity index (χ2n) is 3.37. The lowest BCUT2D eigenvalue weighted by atomic mass is 10.3. The summed E-state index contributed by atoms with van der Waals surface area (Å²) < 4.78 is 0. The van der Waals surface area contributed by atoms with E-state index in [1.165, 1.54) is 11.3 Å². The van der Waals surface area contributed by atoms with Gasteiger partial charge >= 0.3 is 0 Å². The number of nitrogens with zero attached hydrogens (tertiary/aromatic N) is 1. The lowest BCUT2D eigenvalue weighted by Crippen LogP contribution is -2.09. The minimum Gasteiger partial charge on any atom is -0.320 e. The van der Waals surface area contributed by atoms with Crippen LogP contribution in [0.3, 0.4) is 0 Å². The number of carbonyl (C=O) groups is 1. The molecule has 1 amide bonds. The van der Waals surface area contributed by atoms with E-state index in [2.05, 4.69) is 22.1 Å². The smallest absolute Gasteiger partial charge is 0.265 e. The van der Waals surface area contributed by atoms with Crippen molar-refractivity contribution < 1.29 is 4.79 Å². The lowest BCUT2D eigenvalue weighted by Gasteiger charge is -2.01. The molecule has 0 spiro atoms. The molecule has 3 N–H and O–H groups in total. The number of thiophene rings is 1. The molecule has 18 heavy (non-hydrogen) atoms. The van der Waals surface area contributed by atoms with Crippen LogP contribution in [0.5, 0.6) is 0 Å². The van der Waals surface area contributed by atoms with Crippen molar-refractivity contribution in [3.8, 4) is 11.8 Å². The fraction of sp³-hybridized carbons (Fsp3) is 0.0769. The van der Waals surface area contributed by atoms with E-state index in [-0.39, 0.29) is 5.91 Å². The molecule has 0 saturated heterocycles. The van der Waals surface area contributed by atoms with Gasteiger partial charge in [0.1, 0.15) is 0 Å². The zero-order valence-electron chi connectivity index (χ0n) is 9.51. The van der Waals surface area contributed by atoms with E-state index in [4.69, 9.17) is 5.73 Å². The number of hydrogen-bond acceptors (Lipinski definition) is 4. The van der Waals surface area contributed by atoms with Crippen molar-refractivity contribution in [2.75, 3.05) is 11.9 Å². The quantitative estimate of drug-likeness (QED) is 0.805. The first kappa shape index (κ1) is 12.3. The van der Waals surface area contributed by atoms with Crippen LogP contribution in [0.4, 0.5) is 5.69 Å². The van der Waals surface area contributed by atoms with Gasteiger partial charge in [-0.05, 0) is 24.3 Å². The molecule has 0 atom stereocenters. The summed E-state index contributed by atoms with van der Waals surface area (Å²) in [5, 5.41) is 2.76. The number of rotatable bonds is 2. The second kappa shape index (κ2) is 5.96. The fourth-order valence-corrected chi connectivity index (χ4v) is 2.07. The maximum absolute atomic E-state index is 11.9. The average molecular weight is 257 g/mol. The zero-order chi connectivity index (χ0) is 12.8. The third-order valence-electron chi connectivity index (χ3n) is 2.06. The van der Waals surface area contributed by atoms with E-state index in [9.17, 15) is 4.79 Å². The molecule has 0 saturated carbocycles. The van der Waals surface area contributed by atoms with Gasteiger partial charge in [0, 0.05) is 6.20 Å². The molecule has 5 heteroatoms. The molecule has 2 rings (SSSR count). The summed E-state index contributed by atoms with van der Waals surface area (Å²) in [6, 6.07) is 7.11. The molecule has 90 valence electrons. The first-order chi connectivity index (χ1) is 8.79. The van der Waals surface area contributed by atoms with E-state index in [0.29, 0.717) is 17.1 Å². The summed E-state index contributed by atoms with van der Waals surface area (Å²) >= 11 is 1.34. The van der Waals surface area contributed by atoms with E-state index >= 15 is 0 Å². The molecule has 0 fully saturated rings. The van der Waals surface area contributed by atoms with Gasteiger partial charge in [-0.2, -0.15) is 0 Å². The Morgan fingerprint density at radius 1 is 1.44 bits per heavy atom. The van der Waals surface area contributed by atoms with Crippen LogP contribution < -0.4 is 11.1 Å². The molecular formula is C13H11N3OS. The number of hydrogen-bond donors (Lipinski definition) is 2. The molecule has 0 aliphatic heterocycles. The largest absolute Gasteiger partial charge is 0.320 e. The molecule has 0 aromatic carbocycles. The standard InChI is InChI=1S/C13H11N3OS/c14-7-1-4-11-5-6-12(18-11)13(17)16-10-3-2-8-15-9-10/h2-3,5-6,8-9H,7,14H2,(H,16,17). The third kappa shape index (κ3) is 3.17. The Hall–Kier alpha value is -2.16. The maximum Gasteiger partial charge on any atom is 0.265 e. The zero-order valence-corrected chi connectivity index (χ0v) is 10.3. The molecule has 0 bridgehead atoms. The van der Waals surface area contributed by atoms with Gasteiger partial charge in [0.2, 0.25) is 0 Å². The summed E-state index contributed by atoms with van der Waals surface area (Å²) in [7, 11) is 0. The predicted molar refractivity (Wildman–Crippen MR) is 72.4 cm³/mol. The SMILES string of the molecule is NCC#Cc1ccc(C(=O)Nc2cccnc2)s1. The third-order valence-corrected chi connectivity index (χ3v) is 3.06. The highest BCUT2D eigenvalue weighted by Crippen LogP contribution is 2.17. The Bertz CT molecular complexity index is 595. The average Bonchev–Trinajstić information content (AvgIpc) is 2.86. The van der Waals surface area contributed by atoms with Crippen molar-refractivity contribution in [1.82, 2.24) is 4.98 Å². The van der Waals surface area contributed by atoms with E-state index in [1.54, 1.807) is 30.6 Å². The first-order valence-electron chi connectivity index (χ1n) is 5.30. The first-order valence-corrected chi connectivity index (χ1v) is 6.11. The van der Waals surface area contributed by atoms with Crippen LogP contribution in [0.25, 0.3) is 0 Å². The number of carbonyl (C=O) groups excluding carboxylic acids is 1. The normalized spacial score (nSPS) is 9.39. The minimum absolute atomic E-state index is 0.159. The number of pyridine rings is 1. The second-order valence-corrected chi connectivity index (χ2v) is 4.45. The number of nitrogens with two attached hydrogens (primary N) is 1. The van der Waals surface area contributed by atoms with Crippen molar-refractivity contribution in [3.05, 3.63) is 46.4 Å². The van der Waals surface area contributed by atoms with Crippen molar-refractivity contribution in [2.45, 2.75) is 0 Å². The van der Waals surface area contributed by atoms with Crippen LogP contribution >= 0.6 is 11.3 Å². The monoisotopic (exact) mass is 257 g/mol. The molecular weight excluding hydrogens is 246 g/mol. The highest BCUT2D eigenvalue weighted by atomic mass is 32.1. The summed E-state index contributed by atoms with van der Waals surface area (Å²) in [6.07, 6.45) is 3.25. The summed E-state index contributed by atoms with van der Waals surface area (Å²) in [5.74, 6) is 5.49. The molecule has 2 aromatic rings. The van der Waals surface area contributed by atoms with Gasteiger partial charge < -0.3 is 11.1 Å². The molecule has 0 aliphatic carbocycles. The Balaban J connectivity index is 2.08. The molecule has 0 radical (unpaired) electrons. The molecule has 4 nitrogen and oxygen atoms in total. The minimum atomic E-state index is -0.159. The van der Waals surface area contributed by atoms with Crippen LogP contribution in [0.1, 0.15) is 14.5 Å². The number of anilines is 1. The van der Waals surface area contributed by atoms with Gasteiger partial charge in [0.15, 0.2) is 0 Å². The van der Waals surface area contributed by atoms with E-state index in [0.717, 1.165) is 4.88 Å². The summed E-state index contributed by atoms with van der Waals surface area (Å²) in [5.41, 5.74) is 5.96. The van der Waals surface area contributed by atoms with Crippen LogP contribution in [-0.2, 0) is 0 Å². The van der Waals surface area contributed by atoms with Gasteiger partial charge in [-0.15, -0.1) is 11.3 Å². The van der Waals surface area contributed by atoms with Gasteiger partial charge in [-0.25, -0.2) is 0 Å². The molecule has 2 aromatic heterocycles. The Labute approximate surface area is 109 Å². The number of amides is 1. The summed E-state index contributed by atoms with van der Waals surface area (Å²) in [4.78, 5) is 17.3. The summed E-state index contributed by atoms with van der Waals surface area (Å²) in [6.45, 7) is 0.315. The molecule has 0 unspecified atom stereocenters. The van der Waals surface area contributed by atoms with E-state index in [1.807, 2.05) is 6.07 Å². The Kier molecular flexibility index (Phi) is 4.07. The van der Waals surface area contributed by atoms with Crippen molar-refractivity contribution in [1.29, 1.82) is 0 Å². The Morgan fingerprint density at radius 2 is 2.33 bits per heavy atom. The number of nitrogens with one attached hydrogen (secondary N) is 1. The topological polar surface area (TPSA) is 68.0 Å². The van der Waals surface area contributed by atoms with E-state index < -0.39 is 0 Å². The molecule has 2 heterocycles. The highest BCUT2D eigenvalue weighted by Gasteiger charge is 2.08. The van der Waals surface area contributed by atoms with Crippen LogP contribution in [-0.4, -0.2) is 17.4 Å². The lowest BCUT2D eigenvalue weighted by molar-refractivity contribution is 0.103. The van der Waals surface area contributed by atoms with Crippen LogP contribution in [0.15, 0.2) is 36.7 Å². The van der Waals surface area contributed by atoms with Gasteiger partial charge in [-0.3, -0.25) is 9.78 Å². The van der Waals surface area contributed by atoms with Crippen molar-refractivity contribution in [2.24, 2.45) is 5.73 Å². The van der Waals surface area contributed by atoms with Gasteiger partial charge in [0.05, 0.1) is 28.2 Å². The highest BCUT2D eigenvalue weighted by molar-refractivity contribution is 7.14. The van der Waals surface area contributed by atoms with Crippen LogP contribution in [0, 0.1) is 11.8 Å². The number of aromatic nitrogens is 1. The van der Waals surface area contributed by atoms with Gasteiger partial charge in [-0.1, -0.05) is 11.8 Å².